The third kappa shape index (κ3) is 2.19. The first-order valence-corrected chi connectivity index (χ1v) is 6.65. The van der Waals surface area contributed by atoms with Crippen molar-refractivity contribution in [2.24, 2.45) is 0 Å². The first kappa shape index (κ1) is 11.4. The molecule has 0 amide bonds. The van der Waals surface area contributed by atoms with Crippen LogP contribution < -0.4 is 0 Å². The number of hydrogen-bond donors (Lipinski definition) is 1. The van der Waals surface area contributed by atoms with Crippen LogP contribution in [0.4, 0.5) is 0 Å². The molecule has 0 aliphatic heterocycles. The fraction of sp³-hybridized carbons (Fsp3) is 0.0909. The van der Waals surface area contributed by atoms with Gasteiger partial charge in [-0.15, -0.1) is 0 Å². The topological polar surface area (TPSA) is 86.6 Å². The molecule has 1 aromatic heterocycles. The molecule has 17 heavy (non-hydrogen) atoms. The summed E-state index contributed by atoms with van der Waals surface area (Å²) in [6.07, 6.45) is 2.69. The second-order valence-corrected chi connectivity index (χ2v) is 5.58. The summed E-state index contributed by atoms with van der Waals surface area (Å²) in [5, 5.41) is 15.2. The quantitative estimate of drug-likeness (QED) is 0.867. The minimum Gasteiger partial charge on any atom is -0.267 e. The summed E-state index contributed by atoms with van der Waals surface area (Å²) in [5.74, 6) is 0. The van der Waals surface area contributed by atoms with Gasteiger partial charge in [-0.3, -0.25) is 5.10 Å². The summed E-state index contributed by atoms with van der Waals surface area (Å²) < 4.78 is 22.6. The van der Waals surface area contributed by atoms with Gasteiger partial charge in [0.15, 0.2) is 9.84 Å². The molecule has 0 radical (unpaired) electrons. The minimum absolute atomic E-state index is 0.253. The average Bonchev–Trinajstić information content (AvgIpc) is 2.76. The van der Waals surface area contributed by atoms with Gasteiger partial charge < -0.3 is 0 Å². The van der Waals surface area contributed by atoms with Crippen LogP contribution in [-0.4, -0.2) is 24.9 Å². The van der Waals surface area contributed by atoms with Crippen molar-refractivity contribution in [3.05, 3.63) is 36.2 Å². The summed E-state index contributed by atoms with van der Waals surface area (Å²) in [6.45, 7) is 0. The van der Waals surface area contributed by atoms with Crippen molar-refractivity contribution >= 4 is 9.84 Å². The Hall–Kier alpha value is -2.13. The number of aromatic amines is 1. The van der Waals surface area contributed by atoms with Crippen molar-refractivity contribution in [3.8, 4) is 17.2 Å². The number of hydrogen-bond acceptors (Lipinski definition) is 4. The van der Waals surface area contributed by atoms with Gasteiger partial charge >= 0.3 is 0 Å². The van der Waals surface area contributed by atoms with E-state index in [1.54, 1.807) is 12.1 Å². The molecule has 0 unspecified atom stereocenters. The van der Waals surface area contributed by atoms with Gasteiger partial charge in [-0.2, -0.15) is 10.4 Å². The Balaban J connectivity index is 2.47. The monoisotopic (exact) mass is 247 g/mol. The lowest BCUT2D eigenvalue weighted by atomic mass is 10.1. The zero-order valence-electron chi connectivity index (χ0n) is 9.01. The summed E-state index contributed by atoms with van der Waals surface area (Å²) >= 11 is 0. The van der Waals surface area contributed by atoms with Crippen LogP contribution in [0.5, 0.6) is 0 Å². The third-order valence-electron chi connectivity index (χ3n) is 2.34. The second-order valence-electron chi connectivity index (χ2n) is 3.57. The summed E-state index contributed by atoms with van der Waals surface area (Å²) in [4.78, 5) is 0.253. The molecule has 0 aliphatic rings. The SMILES string of the molecule is CS(=O)(=O)c1ccc(-c2cn[nH]c2C#N)cc1. The van der Waals surface area contributed by atoms with E-state index in [0.717, 1.165) is 11.8 Å². The highest BCUT2D eigenvalue weighted by Gasteiger charge is 2.09. The summed E-state index contributed by atoms with van der Waals surface area (Å²) in [6, 6.07) is 8.32. The van der Waals surface area contributed by atoms with Gasteiger partial charge in [0, 0.05) is 11.8 Å². The zero-order chi connectivity index (χ0) is 12.5. The van der Waals surface area contributed by atoms with Crippen LogP contribution in [0.25, 0.3) is 11.1 Å². The largest absolute Gasteiger partial charge is 0.267 e. The normalized spacial score (nSPS) is 11.1. The number of nitrogens with zero attached hydrogens (tertiary/aromatic N) is 2. The van der Waals surface area contributed by atoms with E-state index in [4.69, 9.17) is 5.26 Å². The van der Waals surface area contributed by atoms with E-state index >= 15 is 0 Å². The van der Waals surface area contributed by atoms with Gasteiger partial charge in [0.1, 0.15) is 11.8 Å². The van der Waals surface area contributed by atoms with Crippen LogP contribution in [0, 0.1) is 11.3 Å². The average molecular weight is 247 g/mol. The number of rotatable bonds is 2. The van der Waals surface area contributed by atoms with Crippen molar-refractivity contribution in [1.29, 1.82) is 5.26 Å². The molecule has 1 N–H and O–H groups in total. The molecule has 0 bridgehead atoms. The molecule has 2 aromatic rings. The first-order valence-electron chi connectivity index (χ1n) is 4.76. The van der Waals surface area contributed by atoms with E-state index in [0.29, 0.717) is 11.3 Å². The van der Waals surface area contributed by atoms with Crippen molar-refractivity contribution in [2.75, 3.05) is 6.26 Å². The second kappa shape index (κ2) is 4.03. The Morgan fingerprint density at radius 1 is 1.29 bits per heavy atom. The van der Waals surface area contributed by atoms with Crippen LogP contribution >= 0.6 is 0 Å². The highest BCUT2D eigenvalue weighted by molar-refractivity contribution is 7.90. The zero-order valence-corrected chi connectivity index (χ0v) is 9.82. The number of aromatic nitrogens is 2. The Morgan fingerprint density at radius 2 is 1.94 bits per heavy atom. The number of nitrogens with one attached hydrogen (secondary N) is 1. The van der Waals surface area contributed by atoms with Crippen LogP contribution in [0.3, 0.4) is 0 Å². The van der Waals surface area contributed by atoms with Gasteiger partial charge in [0.05, 0.1) is 11.1 Å². The van der Waals surface area contributed by atoms with Gasteiger partial charge in [-0.25, -0.2) is 8.42 Å². The number of sulfone groups is 1. The fourth-order valence-corrected chi connectivity index (χ4v) is 2.10. The van der Waals surface area contributed by atoms with Crippen molar-refractivity contribution in [2.45, 2.75) is 4.90 Å². The lowest BCUT2D eigenvalue weighted by Crippen LogP contribution is -1.96. The van der Waals surface area contributed by atoms with E-state index in [1.807, 2.05) is 6.07 Å². The smallest absolute Gasteiger partial charge is 0.175 e. The maximum atomic E-state index is 11.3. The molecule has 2 rings (SSSR count). The Kier molecular flexibility index (Phi) is 2.69. The molecule has 0 aliphatic carbocycles. The molecule has 0 fully saturated rings. The first-order chi connectivity index (χ1) is 8.02. The van der Waals surface area contributed by atoms with Gasteiger partial charge in [0.25, 0.3) is 0 Å². The van der Waals surface area contributed by atoms with Gasteiger partial charge in [0.2, 0.25) is 0 Å². The van der Waals surface area contributed by atoms with Crippen LogP contribution in [0.1, 0.15) is 5.69 Å². The Bertz CT molecular complexity index is 678. The number of H-pyrrole nitrogens is 1. The molecule has 1 heterocycles. The van der Waals surface area contributed by atoms with Crippen molar-refractivity contribution < 1.29 is 8.42 Å². The molecule has 0 saturated carbocycles. The number of benzene rings is 1. The van der Waals surface area contributed by atoms with E-state index in [1.165, 1.54) is 18.3 Å². The van der Waals surface area contributed by atoms with Crippen LogP contribution in [-0.2, 0) is 9.84 Å². The van der Waals surface area contributed by atoms with Gasteiger partial charge in [-0.1, -0.05) is 12.1 Å². The van der Waals surface area contributed by atoms with E-state index in [9.17, 15) is 8.42 Å². The van der Waals surface area contributed by atoms with Gasteiger partial charge in [-0.05, 0) is 17.7 Å². The molecule has 5 nitrogen and oxygen atoms in total. The van der Waals surface area contributed by atoms with Crippen LogP contribution in [0.2, 0.25) is 0 Å². The van der Waals surface area contributed by atoms with E-state index in [-0.39, 0.29) is 4.90 Å². The maximum Gasteiger partial charge on any atom is 0.175 e. The third-order valence-corrected chi connectivity index (χ3v) is 3.47. The molecular formula is C11H9N3O2S. The van der Waals surface area contributed by atoms with E-state index < -0.39 is 9.84 Å². The Morgan fingerprint density at radius 3 is 2.47 bits per heavy atom. The molecule has 0 saturated heterocycles. The lowest BCUT2D eigenvalue weighted by Gasteiger charge is -2.00. The highest BCUT2D eigenvalue weighted by atomic mass is 32.2. The van der Waals surface area contributed by atoms with Crippen LogP contribution in [0.15, 0.2) is 35.4 Å². The van der Waals surface area contributed by atoms with E-state index in [2.05, 4.69) is 10.2 Å². The number of nitriles is 1. The molecular weight excluding hydrogens is 238 g/mol. The predicted molar refractivity (Wildman–Crippen MR) is 61.8 cm³/mol. The van der Waals surface area contributed by atoms with Crippen molar-refractivity contribution in [3.63, 3.8) is 0 Å². The fourth-order valence-electron chi connectivity index (χ4n) is 1.47. The summed E-state index contributed by atoms with van der Waals surface area (Å²) in [7, 11) is -3.19. The molecule has 6 heteroatoms. The lowest BCUT2D eigenvalue weighted by molar-refractivity contribution is 0.602. The van der Waals surface area contributed by atoms with Crippen molar-refractivity contribution in [1.82, 2.24) is 10.2 Å². The minimum atomic E-state index is -3.19. The molecule has 86 valence electrons. The standard InChI is InChI=1S/C11H9N3O2S/c1-17(15,16)9-4-2-8(3-5-9)10-7-13-14-11(10)6-12/h2-5,7H,1H3,(H,13,14). The highest BCUT2D eigenvalue weighted by Crippen LogP contribution is 2.22. The Labute approximate surface area is 98.6 Å². The maximum absolute atomic E-state index is 11.3. The summed E-state index contributed by atoms with van der Waals surface area (Å²) in [5.41, 5.74) is 1.77. The molecule has 0 atom stereocenters. The molecule has 0 spiro atoms. The predicted octanol–water partition coefficient (Wildman–Crippen LogP) is 1.35. The molecule has 1 aromatic carbocycles.